The maximum absolute atomic E-state index is 11.9. The van der Waals surface area contributed by atoms with Crippen molar-refractivity contribution in [2.75, 3.05) is 5.32 Å². The van der Waals surface area contributed by atoms with Crippen LogP contribution in [0.15, 0.2) is 30.3 Å². The van der Waals surface area contributed by atoms with Crippen LogP contribution in [0.2, 0.25) is 15.1 Å². The molecule has 0 fully saturated rings. The van der Waals surface area contributed by atoms with E-state index in [0.29, 0.717) is 0 Å². The monoisotopic (exact) mass is 405 g/mol. The van der Waals surface area contributed by atoms with Crippen LogP contribution in [0, 0.1) is 20.2 Å². The normalized spacial score (nSPS) is 10.2. The molecule has 130 valence electrons. The molecule has 1 amide bonds. The Labute approximate surface area is 154 Å². The van der Waals surface area contributed by atoms with Crippen molar-refractivity contribution in [3.63, 3.8) is 0 Å². The first-order valence-electron chi connectivity index (χ1n) is 6.26. The van der Waals surface area contributed by atoms with Crippen LogP contribution in [-0.2, 0) is 0 Å². The lowest BCUT2D eigenvalue weighted by Gasteiger charge is -2.10. The first-order chi connectivity index (χ1) is 11.7. The van der Waals surface area contributed by atoms with Gasteiger partial charge in [0, 0.05) is 17.8 Å². The topological polar surface area (TPSA) is 125 Å². The molecular weight excluding hydrogens is 401 g/mol. The van der Waals surface area contributed by atoms with Crippen molar-refractivity contribution in [3.8, 4) is 5.75 Å². The zero-order chi connectivity index (χ0) is 18.7. The molecule has 25 heavy (non-hydrogen) atoms. The molecule has 0 unspecified atom stereocenters. The second kappa shape index (κ2) is 7.51. The number of hydrogen-bond donors (Lipinski definition) is 1. The number of carbonyl (C=O) groups is 1. The van der Waals surface area contributed by atoms with E-state index in [-0.39, 0.29) is 21.4 Å². The van der Waals surface area contributed by atoms with E-state index in [0.717, 1.165) is 18.2 Å². The molecule has 0 saturated carbocycles. The molecule has 0 aliphatic heterocycles. The lowest BCUT2D eigenvalue weighted by molar-refractivity contribution is -0.385. The van der Waals surface area contributed by atoms with E-state index in [4.69, 9.17) is 39.5 Å². The van der Waals surface area contributed by atoms with Crippen LogP contribution in [0.25, 0.3) is 0 Å². The van der Waals surface area contributed by atoms with Gasteiger partial charge in [-0.1, -0.05) is 34.8 Å². The smallest absolute Gasteiger partial charge is 0.401 e. The lowest BCUT2D eigenvalue weighted by atomic mass is 10.3. The van der Waals surface area contributed by atoms with Gasteiger partial charge in [0.05, 0.1) is 19.9 Å². The molecule has 0 spiro atoms. The van der Waals surface area contributed by atoms with E-state index in [1.807, 2.05) is 0 Å². The van der Waals surface area contributed by atoms with Crippen LogP contribution >= 0.6 is 34.8 Å². The van der Waals surface area contributed by atoms with Crippen LogP contribution in [0.5, 0.6) is 5.75 Å². The molecule has 0 aromatic heterocycles. The predicted molar refractivity (Wildman–Crippen MR) is 90.9 cm³/mol. The van der Waals surface area contributed by atoms with E-state index in [2.05, 4.69) is 5.32 Å². The Morgan fingerprint density at radius 3 is 2.12 bits per heavy atom. The number of rotatable bonds is 4. The Balaban J connectivity index is 2.25. The summed E-state index contributed by atoms with van der Waals surface area (Å²) in [5, 5.41) is 23.0. The van der Waals surface area contributed by atoms with Gasteiger partial charge in [-0.25, -0.2) is 4.79 Å². The first-order valence-corrected chi connectivity index (χ1v) is 7.39. The molecule has 0 aliphatic carbocycles. The van der Waals surface area contributed by atoms with Crippen molar-refractivity contribution in [2.24, 2.45) is 0 Å². The third-order valence-corrected chi connectivity index (χ3v) is 3.86. The second-order valence-electron chi connectivity index (χ2n) is 4.41. The maximum atomic E-state index is 11.9. The molecule has 9 nitrogen and oxygen atoms in total. The SMILES string of the molecule is O=C(Nc1ccc([N+](=O)[O-])cc1)Oc1c(Cl)cc(Cl)c(Cl)c1[N+](=O)[O-]. The van der Waals surface area contributed by atoms with Crippen LogP contribution < -0.4 is 10.1 Å². The van der Waals surface area contributed by atoms with Crippen LogP contribution in [0.1, 0.15) is 0 Å². The van der Waals surface area contributed by atoms with Crippen molar-refractivity contribution in [1.29, 1.82) is 0 Å². The van der Waals surface area contributed by atoms with Crippen LogP contribution in [0.3, 0.4) is 0 Å². The average molecular weight is 407 g/mol. The van der Waals surface area contributed by atoms with Crippen LogP contribution in [-0.4, -0.2) is 15.9 Å². The summed E-state index contributed by atoms with van der Waals surface area (Å²) >= 11 is 17.3. The van der Waals surface area contributed by atoms with Gasteiger partial charge in [-0.3, -0.25) is 25.5 Å². The van der Waals surface area contributed by atoms with E-state index >= 15 is 0 Å². The molecule has 1 N–H and O–H groups in total. The number of nitrogens with zero attached hydrogens (tertiary/aromatic N) is 2. The fourth-order valence-electron chi connectivity index (χ4n) is 1.73. The summed E-state index contributed by atoms with van der Waals surface area (Å²) in [6.07, 6.45) is -1.11. The van der Waals surface area contributed by atoms with Crippen molar-refractivity contribution in [1.82, 2.24) is 0 Å². The highest BCUT2D eigenvalue weighted by Crippen LogP contribution is 2.44. The minimum Gasteiger partial charge on any atom is -0.401 e. The van der Waals surface area contributed by atoms with Gasteiger partial charge < -0.3 is 4.74 Å². The maximum Gasteiger partial charge on any atom is 0.417 e. The zero-order valence-electron chi connectivity index (χ0n) is 11.9. The average Bonchev–Trinajstić information content (AvgIpc) is 2.52. The van der Waals surface area contributed by atoms with Crippen molar-refractivity contribution >= 4 is 58.0 Å². The molecule has 0 radical (unpaired) electrons. The number of hydrogen-bond acceptors (Lipinski definition) is 6. The number of nitro benzene ring substituents is 2. The van der Waals surface area contributed by atoms with E-state index in [9.17, 15) is 25.0 Å². The standard InChI is InChI=1S/C13H6Cl3N3O6/c14-8-5-9(15)12(11(10(8)16)19(23)24)25-13(20)17-6-1-3-7(4-2-6)18(21)22/h1-5H,(H,17,20). The number of amides is 1. The molecule has 2 aromatic rings. The Morgan fingerprint density at radius 2 is 1.60 bits per heavy atom. The summed E-state index contributed by atoms with van der Waals surface area (Å²) in [6, 6.07) is 5.91. The largest absolute Gasteiger partial charge is 0.417 e. The van der Waals surface area contributed by atoms with Gasteiger partial charge in [-0.2, -0.15) is 0 Å². The van der Waals surface area contributed by atoms with Gasteiger partial charge in [0.2, 0.25) is 5.75 Å². The highest BCUT2D eigenvalue weighted by molar-refractivity contribution is 6.45. The van der Waals surface area contributed by atoms with Gasteiger partial charge in [-0.15, -0.1) is 0 Å². The predicted octanol–water partition coefficient (Wildman–Crippen LogP) is 5.07. The quantitative estimate of drug-likeness (QED) is 0.429. The van der Waals surface area contributed by atoms with Crippen LogP contribution in [0.4, 0.5) is 21.9 Å². The summed E-state index contributed by atoms with van der Waals surface area (Å²) in [7, 11) is 0. The summed E-state index contributed by atoms with van der Waals surface area (Å²) < 4.78 is 4.85. The summed E-state index contributed by atoms with van der Waals surface area (Å²) in [4.78, 5) is 32.1. The van der Waals surface area contributed by atoms with E-state index in [1.54, 1.807) is 0 Å². The fourth-order valence-corrected chi connectivity index (χ4v) is 2.43. The number of ether oxygens (including phenoxy) is 1. The Morgan fingerprint density at radius 1 is 1.00 bits per heavy atom. The molecule has 2 aromatic carbocycles. The minimum absolute atomic E-state index is 0.162. The molecule has 0 bridgehead atoms. The number of carbonyl (C=O) groups excluding carboxylic acids is 1. The number of nitrogens with one attached hydrogen (secondary N) is 1. The molecule has 12 heteroatoms. The van der Waals surface area contributed by atoms with Crippen molar-refractivity contribution in [3.05, 3.63) is 65.6 Å². The summed E-state index contributed by atoms with van der Waals surface area (Å²) in [5.41, 5.74) is -0.783. The highest BCUT2D eigenvalue weighted by Gasteiger charge is 2.28. The third kappa shape index (κ3) is 4.27. The van der Waals surface area contributed by atoms with E-state index in [1.165, 1.54) is 12.1 Å². The van der Waals surface area contributed by atoms with Gasteiger partial charge in [0.15, 0.2) is 0 Å². The number of nitro groups is 2. The zero-order valence-corrected chi connectivity index (χ0v) is 14.1. The molecule has 0 heterocycles. The summed E-state index contributed by atoms with van der Waals surface area (Å²) in [6.45, 7) is 0. The summed E-state index contributed by atoms with van der Waals surface area (Å²) in [5.74, 6) is -0.583. The van der Waals surface area contributed by atoms with Crippen molar-refractivity contribution < 1.29 is 19.4 Å². The Hall–Kier alpha value is -2.62. The molecular formula is C13H6Cl3N3O6. The Bertz CT molecular complexity index is 872. The lowest BCUT2D eigenvalue weighted by Crippen LogP contribution is -2.17. The first kappa shape index (κ1) is 18.7. The fraction of sp³-hybridized carbons (Fsp3) is 0. The van der Waals surface area contributed by atoms with Gasteiger partial charge in [0.25, 0.3) is 5.69 Å². The number of non-ortho nitro benzene ring substituents is 1. The minimum atomic E-state index is -1.11. The highest BCUT2D eigenvalue weighted by atomic mass is 35.5. The Kier molecular flexibility index (Phi) is 5.62. The molecule has 0 saturated heterocycles. The number of halogens is 3. The molecule has 2 rings (SSSR count). The van der Waals surface area contributed by atoms with E-state index < -0.39 is 32.4 Å². The van der Waals surface area contributed by atoms with Gasteiger partial charge in [-0.05, 0) is 18.2 Å². The second-order valence-corrected chi connectivity index (χ2v) is 5.60. The molecule has 0 aliphatic rings. The van der Waals surface area contributed by atoms with Gasteiger partial charge in [0.1, 0.15) is 5.02 Å². The van der Waals surface area contributed by atoms with Crippen molar-refractivity contribution in [2.45, 2.75) is 0 Å². The molecule has 0 atom stereocenters. The third-order valence-electron chi connectivity index (χ3n) is 2.80. The number of benzene rings is 2. The number of anilines is 1. The van der Waals surface area contributed by atoms with Gasteiger partial charge >= 0.3 is 11.8 Å².